The first-order valence-corrected chi connectivity index (χ1v) is 11.5. The number of rotatable bonds is 6. The van der Waals surface area contributed by atoms with Crippen LogP contribution in [-0.4, -0.2) is 21.5 Å². The fourth-order valence-electron chi connectivity index (χ4n) is 2.90. The molecule has 2 aromatic carbocycles. The Morgan fingerprint density at radius 1 is 0.931 bits per heavy atom. The number of anilines is 3. The van der Waals surface area contributed by atoms with Gasteiger partial charge < -0.3 is 10.6 Å². The number of nitrogens with zero attached hydrogens (tertiary/aromatic N) is 1. The van der Waals surface area contributed by atoms with Crippen molar-refractivity contribution in [2.24, 2.45) is 0 Å². The average Bonchev–Trinajstić information content (AvgIpc) is 3.44. The van der Waals surface area contributed by atoms with E-state index in [1.807, 2.05) is 24.3 Å². The van der Waals surface area contributed by atoms with Crippen molar-refractivity contribution in [1.82, 2.24) is 0 Å². The Morgan fingerprint density at radius 3 is 2.17 bits per heavy atom. The molecule has 1 aromatic heterocycles. The number of urea groups is 1. The number of hydrogen-bond donors (Lipinski definition) is 2. The maximum Gasteiger partial charge on any atom is 0.323 e. The molecule has 0 saturated heterocycles. The van der Waals surface area contributed by atoms with E-state index in [9.17, 15) is 13.2 Å². The number of benzene rings is 2. The standard InChI is InChI=1S/C21H21N3O3S2/c1-24(29(26,27)20-14-13-19(28-20)15-7-8-15)18-11-9-17(10-12-18)23-21(25)22-16-5-3-2-4-6-16/h2-6,9-15H,7-8H2,1H3,(H2,22,23,25). The van der Waals surface area contributed by atoms with Crippen molar-refractivity contribution in [3.05, 3.63) is 71.6 Å². The smallest absolute Gasteiger partial charge is 0.308 e. The number of nitrogens with one attached hydrogen (secondary N) is 2. The zero-order valence-corrected chi connectivity index (χ0v) is 17.5. The third kappa shape index (κ3) is 4.44. The van der Waals surface area contributed by atoms with Crippen LogP contribution in [0.3, 0.4) is 0 Å². The predicted octanol–water partition coefficient (Wildman–Crippen LogP) is 5.09. The molecular formula is C21H21N3O3S2. The zero-order valence-electron chi connectivity index (χ0n) is 15.8. The molecule has 0 atom stereocenters. The lowest BCUT2D eigenvalue weighted by Crippen LogP contribution is -2.25. The van der Waals surface area contributed by atoms with Gasteiger partial charge >= 0.3 is 6.03 Å². The van der Waals surface area contributed by atoms with Gasteiger partial charge in [-0.15, -0.1) is 11.3 Å². The maximum atomic E-state index is 12.9. The van der Waals surface area contributed by atoms with Crippen molar-refractivity contribution < 1.29 is 13.2 Å². The summed E-state index contributed by atoms with van der Waals surface area (Å²) < 4.78 is 27.4. The molecule has 2 amide bonds. The first-order valence-electron chi connectivity index (χ1n) is 9.25. The molecule has 1 saturated carbocycles. The summed E-state index contributed by atoms with van der Waals surface area (Å²) in [5, 5.41) is 5.47. The summed E-state index contributed by atoms with van der Waals surface area (Å²) >= 11 is 1.35. The molecule has 1 aliphatic carbocycles. The van der Waals surface area contributed by atoms with Gasteiger partial charge in [-0.3, -0.25) is 4.31 Å². The van der Waals surface area contributed by atoms with Crippen LogP contribution in [0.25, 0.3) is 0 Å². The minimum absolute atomic E-state index is 0.353. The third-order valence-corrected chi connectivity index (χ3v) is 8.22. The summed E-state index contributed by atoms with van der Waals surface area (Å²) in [6, 6.07) is 19.1. The molecule has 1 fully saturated rings. The normalized spacial score (nSPS) is 13.7. The molecule has 0 radical (unpaired) electrons. The van der Waals surface area contributed by atoms with Crippen molar-refractivity contribution in [3.8, 4) is 0 Å². The van der Waals surface area contributed by atoms with E-state index in [0.29, 0.717) is 27.2 Å². The highest BCUT2D eigenvalue weighted by atomic mass is 32.2. The highest BCUT2D eigenvalue weighted by Gasteiger charge is 2.29. The molecule has 1 heterocycles. The van der Waals surface area contributed by atoms with Crippen LogP contribution in [0.5, 0.6) is 0 Å². The van der Waals surface area contributed by atoms with Crippen LogP contribution < -0.4 is 14.9 Å². The van der Waals surface area contributed by atoms with Gasteiger partial charge in [-0.1, -0.05) is 18.2 Å². The minimum atomic E-state index is -3.60. The van der Waals surface area contributed by atoms with E-state index < -0.39 is 10.0 Å². The number of carbonyl (C=O) groups excluding carboxylic acids is 1. The molecule has 3 aromatic rings. The molecule has 2 N–H and O–H groups in total. The number of amides is 2. The van der Waals surface area contributed by atoms with E-state index in [2.05, 4.69) is 10.6 Å². The highest BCUT2D eigenvalue weighted by molar-refractivity contribution is 7.94. The van der Waals surface area contributed by atoms with Crippen LogP contribution in [-0.2, 0) is 10.0 Å². The fourth-order valence-corrected chi connectivity index (χ4v) is 5.76. The molecule has 8 heteroatoms. The lowest BCUT2D eigenvalue weighted by Gasteiger charge is -2.19. The quantitative estimate of drug-likeness (QED) is 0.575. The summed E-state index contributed by atoms with van der Waals surface area (Å²) in [4.78, 5) is 13.2. The molecule has 29 heavy (non-hydrogen) atoms. The second-order valence-electron chi connectivity index (χ2n) is 6.90. The largest absolute Gasteiger partial charge is 0.323 e. The predicted molar refractivity (Wildman–Crippen MR) is 117 cm³/mol. The molecule has 6 nitrogen and oxygen atoms in total. The second-order valence-corrected chi connectivity index (χ2v) is 10.2. The minimum Gasteiger partial charge on any atom is -0.308 e. The van der Waals surface area contributed by atoms with Crippen LogP contribution in [0.15, 0.2) is 70.9 Å². The van der Waals surface area contributed by atoms with Gasteiger partial charge in [0.1, 0.15) is 4.21 Å². The van der Waals surface area contributed by atoms with Gasteiger partial charge in [0.15, 0.2) is 0 Å². The second kappa shape index (κ2) is 7.88. The fraction of sp³-hybridized carbons (Fsp3) is 0.190. The molecular weight excluding hydrogens is 406 g/mol. The molecule has 0 spiro atoms. The van der Waals surface area contributed by atoms with Crippen molar-refractivity contribution in [2.75, 3.05) is 22.0 Å². The molecule has 0 unspecified atom stereocenters. The van der Waals surface area contributed by atoms with Gasteiger partial charge in [0.25, 0.3) is 10.0 Å². The number of thiophene rings is 1. The third-order valence-electron chi connectivity index (χ3n) is 4.72. The molecule has 0 bridgehead atoms. The molecule has 1 aliphatic rings. The van der Waals surface area contributed by atoms with Gasteiger partial charge in [0, 0.05) is 23.3 Å². The summed E-state index contributed by atoms with van der Waals surface area (Å²) in [6.07, 6.45) is 2.28. The topological polar surface area (TPSA) is 78.5 Å². The van der Waals surface area contributed by atoms with Crippen LogP contribution in [0.1, 0.15) is 23.6 Å². The van der Waals surface area contributed by atoms with Gasteiger partial charge in [-0.25, -0.2) is 13.2 Å². The van der Waals surface area contributed by atoms with Crippen molar-refractivity contribution in [3.63, 3.8) is 0 Å². The summed E-state index contributed by atoms with van der Waals surface area (Å²) in [6.45, 7) is 0. The van der Waals surface area contributed by atoms with Crippen LogP contribution in [0, 0.1) is 0 Å². The Morgan fingerprint density at radius 2 is 1.55 bits per heavy atom. The zero-order chi connectivity index (χ0) is 20.4. The monoisotopic (exact) mass is 427 g/mol. The van der Waals surface area contributed by atoms with Crippen LogP contribution >= 0.6 is 11.3 Å². The molecule has 0 aliphatic heterocycles. The summed E-state index contributed by atoms with van der Waals surface area (Å²) in [5.74, 6) is 0.529. The summed E-state index contributed by atoms with van der Waals surface area (Å²) in [5.41, 5.74) is 1.79. The Labute approximate surface area is 174 Å². The van der Waals surface area contributed by atoms with Crippen LogP contribution in [0.4, 0.5) is 21.9 Å². The number of hydrogen-bond acceptors (Lipinski definition) is 4. The van der Waals surface area contributed by atoms with E-state index in [-0.39, 0.29) is 6.03 Å². The van der Waals surface area contributed by atoms with E-state index in [4.69, 9.17) is 0 Å². The van der Waals surface area contributed by atoms with Crippen molar-refractivity contribution >= 4 is 44.5 Å². The SMILES string of the molecule is CN(c1ccc(NC(=O)Nc2ccccc2)cc1)S(=O)(=O)c1ccc(C2CC2)s1. The Kier molecular flexibility index (Phi) is 5.29. The van der Waals surface area contributed by atoms with Crippen LogP contribution in [0.2, 0.25) is 0 Å². The lowest BCUT2D eigenvalue weighted by molar-refractivity contribution is 0.262. The van der Waals surface area contributed by atoms with Gasteiger partial charge in [0.2, 0.25) is 0 Å². The number of para-hydroxylation sites is 1. The van der Waals surface area contributed by atoms with E-state index >= 15 is 0 Å². The first kappa shape index (κ1) is 19.5. The maximum absolute atomic E-state index is 12.9. The number of sulfonamides is 1. The highest BCUT2D eigenvalue weighted by Crippen LogP contribution is 2.44. The number of carbonyl (C=O) groups is 1. The molecule has 150 valence electrons. The lowest BCUT2D eigenvalue weighted by atomic mass is 10.3. The van der Waals surface area contributed by atoms with Gasteiger partial charge in [0.05, 0.1) is 5.69 Å². The Bertz CT molecular complexity index is 1110. The Balaban J connectivity index is 1.43. The van der Waals surface area contributed by atoms with E-state index in [0.717, 1.165) is 17.7 Å². The summed E-state index contributed by atoms with van der Waals surface area (Å²) in [7, 11) is -2.06. The van der Waals surface area contributed by atoms with Crippen molar-refractivity contribution in [1.29, 1.82) is 0 Å². The van der Waals surface area contributed by atoms with E-state index in [1.165, 1.54) is 22.7 Å². The van der Waals surface area contributed by atoms with E-state index in [1.54, 1.807) is 42.5 Å². The van der Waals surface area contributed by atoms with Crippen molar-refractivity contribution in [2.45, 2.75) is 23.0 Å². The Hall–Kier alpha value is -2.84. The van der Waals surface area contributed by atoms with Gasteiger partial charge in [-0.05, 0) is 67.3 Å². The average molecular weight is 428 g/mol. The first-order chi connectivity index (χ1) is 13.9. The van der Waals surface area contributed by atoms with Gasteiger partial charge in [-0.2, -0.15) is 0 Å². The molecule has 4 rings (SSSR count).